The molecule has 2 aromatic carbocycles. The van der Waals surface area contributed by atoms with Gasteiger partial charge >= 0.3 is 0 Å². The zero-order chi connectivity index (χ0) is 14.7. The Hall–Kier alpha value is -2.13. The minimum Gasteiger partial charge on any atom is -0.347 e. The molecule has 0 bridgehead atoms. The first-order chi connectivity index (χ1) is 10.3. The number of fused-ring (bicyclic) bond motifs is 1. The van der Waals surface area contributed by atoms with Crippen LogP contribution in [-0.4, -0.2) is 12.5 Å². The van der Waals surface area contributed by atoms with Gasteiger partial charge in [-0.3, -0.25) is 4.79 Å². The molecule has 0 saturated heterocycles. The van der Waals surface area contributed by atoms with E-state index < -0.39 is 5.72 Å². The fourth-order valence-corrected chi connectivity index (χ4v) is 2.75. The number of amides is 1. The van der Waals surface area contributed by atoms with Gasteiger partial charge < -0.3 is 10.1 Å². The average molecular weight is 281 g/mol. The molecule has 3 nitrogen and oxygen atoms in total. The standard InChI is InChI=1S/C18H19NO2/c1-2-3-13-21-18(14-9-5-4-6-10-14)16-12-8-7-11-15(16)17(20)19-18/h4-12H,2-3,13H2,1H3,(H,19,20). The summed E-state index contributed by atoms with van der Waals surface area (Å²) in [5.41, 5.74) is 1.69. The fourth-order valence-electron chi connectivity index (χ4n) is 2.75. The maximum absolute atomic E-state index is 12.3. The molecule has 1 aliphatic heterocycles. The van der Waals surface area contributed by atoms with E-state index in [-0.39, 0.29) is 5.91 Å². The Labute approximate surface area is 124 Å². The monoisotopic (exact) mass is 281 g/mol. The fraction of sp³-hybridized carbons (Fsp3) is 0.278. The summed E-state index contributed by atoms with van der Waals surface area (Å²) in [6, 6.07) is 17.5. The molecular formula is C18H19NO2. The quantitative estimate of drug-likeness (QED) is 0.852. The Morgan fingerprint density at radius 2 is 1.76 bits per heavy atom. The maximum Gasteiger partial charge on any atom is 0.254 e. The highest BCUT2D eigenvalue weighted by atomic mass is 16.5. The van der Waals surface area contributed by atoms with E-state index in [4.69, 9.17) is 4.74 Å². The number of ether oxygens (including phenoxy) is 1. The van der Waals surface area contributed by atoms with Gasteiger partial charge in [0.1, 0.15) is 0 Å². The maximum atomic E-state index is 12.3. The molecule has 0 saturated carbocycles. The van der Waals surface area contributed by atoms with Crippen LogP contribution in [0.3, 0.4) is 0 Å². The van der Waals surface area contributed by atoms with Gasteiger partial charge in [0.05, 0.1) is 6.61 Å². The minimum atomic E-state index is -0.857. The van der Waals surface area contributed by atoms with E-state index in [1.165, 1.54) is 0 Å². The summed E-state index contributed by atoms with van der Waals surface area (Å²) in [6.07, 6.45) is 2.02. The minimum absolute atomic E-state index is 0.0778. The molecule has 0 fully saturated rings. The molecule has 3 rings (SSSR count). The molecule has 1 N–H and O–H groups in total. The Bertz CT molecular complexity index is 639. The van der Waals surface area contributed by atoms with Crippen molar-refractivity contribution in [2.75, 3.05) is 6.61 Å². The highest BCUT2D eigenvalue weighted by molar-refractivity contribution is 6.00. The molecule has 21 heavy (non-hydrogen) atoms. The SMILES string of the molecule is CCCCOC1(c2ccccc2)NC(=O)c2ccccc21. The van der Waals surface area contributed by atoms with E-state index in [0.29, 0.717) is 12.2 Å². The number of carbonyl (C=O) groups excluding carboxylic acids is 1. The molecule has 1 aliphatic rings. The zero-order valence-electron chi connectivity index (χ0n) is 12.1. The summed E-state index contributed by atoms with van der Waals surface area (Å²) in [6.45, 7) is 2.74. The van der Waals surface area contributed by atoms with Crippen molar-refractivity contribution in [3.05, 3.63) is 71.3 Å². The molecule has 1 amide bonds. The molecule has 0 radical (unpaired) electrons. The number of benzene rings is 2. The van der Waals surface area contributed by atoms with Crippen LogP contribution in [0, 0.1) is 0 Å². The molecule has 0 aromatic heterocycles. The molecule has 0 spiro atoms. The highest BCUT2D eigenvalue weighted by Crippen LogP contribution is 2.38. The lowest BCUT2D eigenvalue weighted by molar-refractivity contribution is -0.0336. The molecule has 1 heterocycles. The molecule has 1 unspecified atom stereocenters. The third-order valence-electron chi connectivity index (χ3n) is 3.84. The van der Waals surface area contributed by atoms with Gasteiger partial charge in [-0.05, 0) is 12.5 Å². The van der Waals surface area contributed by atoms with Crippen molar-refractivity contribution in [3.63, 3.8) is 0 Å². The molecule has 1 atom stereocenters. The van der Waals surface area contributed by atoms with Gasteiger partial charge in [-0.25, -0.2) is 0 Å². The van der Waals surface area contributed by atoms with Gasteiger partial charge in [-0.2, -0.15) is 0 Å². The summed E-state index contributed by atoms with van der Waals surface area (Å²) >= 11 is 0. The van der Waals surface area contributed by atoms with E-state index in [1.54, 1.807) is 0 Å². The molecule has 0 aliphatic carbocycles. The molecular weight excluding hydrogens is 262 g/mol. The number of unbranched alkanes of at least 4 members (excludes halogenated alkanes) is 1. The van der Waals surface area contributed by atoms with Gasteiger partial charge in [0, 0.05) is 16.7 Å². The topological polar surface area (TPSA) is 38.3 Å². The normalized spacial score (nSPS) is 20.1. The lowest BCUT2D eigenvalue weighted by atomic mass is 9.94. The second-order valence-corrected chi connectivity index (χ2v) is 5.25. The van der Waals surface area contributed by atoms with Crippen LogP contribution in [0.15, 0.2) is 54.6 Å². The summed E-state index contributed by atoms with van der Waals surface area (Å²) in [5.74, 6) is -0.0778. The van der Waals surface area contributed by atoms with Crippen LogP contribution in [-0.2, 0) is 10.5 Å². The number of carbonyl (C=O) groups is 1. The van der Waals surface area contributed by atoms with Crippen LogP contribution in [0.4, 0.5) is 0 Å². The van der Waals surface area contributed by atoms with Crippen molar-refractivity contribution >= 4 is 5.91 Å². The van der Waals surface area contributed by atoms with E-state index in [1.807, 2.05) is 54.6 Å². The van der Waals surface area contributed by atoms with Crippen LogP contribution in [0.5, 0.6) is 0 Å². The number of hydrogen-bond donors (Lipinski definition) is 1. The van der Waals surface area contributed by atoms with E-state index in [2.05, 4.69) is 12.2 Å². The van der Waals surface area contributed by atoms with Gasteiger partial charge in [-0.1, -0.05) is 61.9 Å². The smallest absolute Gasteiger partial charge is 0.254 e. The van der Waals surface area contributed by atoms with Gasteiger partial charge in [-0.15, -0.1) is 0 Å². The summed E-state index contributed by atoms with van der Waals surface area (Å²) in [4.78, 5) is 12.3. The molecule has 3 heteroatoms. The summed E-state index contributed by atoms with van der Waals surface area (Å²) in [5, 5.41) is 3.05. The number of nitrogens with one attached hydrogen (secondary N) is 1. The first-order valence-corrected chi connectivity index (χ1v) is 7.39. The third kappa shape index (κ3) is 2.34. The average Bonchev–Trinajstić information content (AvgIpc) is 2.83. The van der Waals surface area contributed by atoms with Crippen LogP contribution < -0.4 is 5.32 Å². The highest BCUT2D eigenvalue weighted by Gasteiger charge is 2.45. The number of hydrogen-bond acceptors (Lipinski definition) is 2. The lowest BCUT2D eigenvalue weighted by Crippen LogP contribution is -2.43. The predicted molar refractivity (Wildman–Crippen MR) is 82.0 cm³/mol. The van der Waals surface area contributed by atoms with Gasteiger partial charge in [0.15, 0.2) is 5.72 Å². The van der Waals surface area contributed by atoms with Crippen LogP contribution in [0.2, 0.25) is 0 Å². The van der Waals surface area contributed by atoms with Crippen molar-refractivity contribution in [1.29, 1.82) is 0 Å². The third-order valence-corrected chi connectivity index (χ3v) is 3.84. The molecule has 2 aromatic rings. The first-order valence-electron chi connectivity index (χ1n) is 7.39. The van der Waals surface area contributed by atoms with E-state index in [0.717, 1.165) is 24.0 Å². The van der Waals surface area contributed by atoms with Crippen molar-refractivity contribution < 1.29 is 9.53 Å². The van der Waals surface area contributed by atoms with E-state index >= 15 is 0 Å². The number of rotatable bonds is 5. The summed E-state index contributed by atoms with van der Waals surface area (Å²) in [7, 11) is 0. The van der Waals surface area contributed by atoms with Crippen molar-refractivity contribution in [2.45, 2.75) is 25.5 Å². The lowest BCUT2D eigenvalue weighted by Gasteiger charge is -2.31. The Morgan fingerprint density at radius 1 is 1.05 bits per heavy atom. The second kappa shape index (κ2) is 5.70. The largest absolute Gasteiger partial charge is 0.347 e. The van der Waals surface area contributed by atoms with Gasteiger partial charge in [0.2, 0.25) is 0 Å². The van der Waals surface area contributed by atoms with Crippen LogP contribution in [0.25, 0.3) is 0 Å². The predicted octanol–water partition coefficient (Wildman–Crippen LogP) is 3.45. The second-order valence-electron chi connectivity index (χ2n) is 5.25. The van der Waals surface area contributed by atoms with Crippen LogP contribution >= 0.6 is 0 Å². The van der Waals surface area contributed by atoms with E-state index in [9.17, 15) is 4.79 Å². The van der Waals surface area contributed by atoms with Crippen LogP contribution in [0.1, 0.15) is 41.3 Å². The Kier molecular flexibility index (Phi) is 3.76. The molecule has 108 valence electrons. The Balaban J connectivity index is 2.08. The van der Waals surface area contributed by atoms with Crippen molar-refractivity contribution in [3.8, 4) is 0 Å². The van der Waals surface area contributed by atoms with Gasteiger partial charge in [0.25, 0.3) is 5.91 Å². The van der Waals surface area contributed by atoms with Crippen molar-refractivity contribution in [2.24, 2.45) is 0 Å². The zero-order valence-corrected chi connectivity index (χ0v) is 12.1. The first kappa shape index (κ1) is 13.8. The Morgan fingerprint density at radius 3 is 2.52 bits per heavy atom. The van der Waals surface area contributed by atoms with Crippen molar-refractivity contribution in [1.82, 2.24) is 5.32 Å². The summed E-state index contributed by atoms with van der Waals surface area (Å²) < 4.78 is 6.18.